The van der Waals surface area contributed by atoms with E-state index in [0.717, 1.165) is 21.9 Å². The molecule has 1 heterocycles. The molecule has 1 nitrogen and oxygen atoms in total. The standard InChI is InChI=1S/C40H24O.C40H26/c1-3-14-27-25(11-1)13-9-20-29(27)37-30-16-5-7-18-32(30)38(33-19-8-6-17-31(33)37)34-21-10-22-36-39(34)35-24-23-26-12-2-4-15-28(26)40(35)41-36;1-3-12-29-24-32(22-20-27(29)10-1)31-14-9-15-33(26-31)39-35-16-5-7-18-37(35)40(38-19-8-6-17-36(38)39)34-23-21-28-11-2-4-13-30(28)25-34/h1-24H;1-26H/i;1D,2D,3D,4D,5D,6D,7D,8D,9D,10D,11D,12D,13D,14D,15D,16D,17D,18D,19D,20D,21D,22D,23D,24D,25D,26D. The highest BCUT2D eigenvalue weighted by atomic mass is 16.3. The highest BCUT2D eigenvalue weighted by Gasteiger charge is 2.22. The summed E-state index contributed by atoms with van der Waals surface area (Å²) in [6.45, 7) is 0. The third-order valence-electron chi connectivity index (χ3n) is 14.9. The van der Waals surface area contributed by atoms with Crippen molar-refractivity contribution < 1.29 is 40.1 Å². The molecule has 17 aromatic rings. The Labute approximate surface area is 505 Å². The molecule has 0 N–H and O–H groups in total. The Morgan fingerprint density at radius 2 is 0.667 bits per heavy atom. The zero-order valence-electron chi connectivity index (χ0n) is 68.3. The van der Waals surface area contributed by atoms with Crippen LogP contribution < -0.4 is 0 Å². The quantitative estimate of drug-likeness (QED) is 0.157. The van der Waals surface area contributed by atoms with Crippen LogP contribution in [0.1, 0.15) is 35.6 Å². The van der Waals surface area contributed by atoms with Gasteiger partial charge in [0.25, 0.3) is 0 Å². The number of hydrogen-bond donors (Lipinski definition) is 0. The van der Waals surface area contributed by atoms with E-state index in [1.165, 1.54) is 65.3 Å². The number of rotatable bonds is 5. The lowest BCUT2D eigenvalue weighted by Gasteiger charge is -2.19. The van der Waals surface area contributed by atoms with Crippen molar-refractivity contribution in [2.24, 2.45) is 0 Å². The SMILES string of the molecule is [2H]c1c([2H])c(-c2c([2H])c([2H])c3c([2H])c([2H])c([2H])c([2H])c3c2[2H])c([2H])c(-c2c3c([2H])c([2H])c([2H])c([2H])c3c(-c3c([2H])c([2H])c4c([2H])c([2H])c([2H])c([2H])c4c3[2H])c3c([2H])c([2H])c([2H])c([2H])c23)c1[2H].c1ccc2c(-c3c4ccccc4c(-c4cccc5oc6c7ccccc7ccc6c45)c4ccccc34)cccc2c1. The van der Waals surface area contributed by atoms with Crippen molar-refractivity contribution in [3.05, 3.63) is 303 Å². The van der Waals surface area contributed by atoms with Gasteiger partial charge in [-0.2, -0.15) is 0 Å². The highest BCUT2D eigenvalue weighted by Crippen LogP contribution is 2.49. The van der Waals surface area contributed by atoms with Crippen molar-refractivity contribution in [2.45, 2.75) is 0 Å². The fourth-order valence-corrected chi connectivity index (χ4v) is 11.4. The van der Waals surface area contributed by atoms with E-state index >= 15 is 0 Å². The molecule has 0 spiro atoms. The first-order valence-corrected chi connectivity index (χ1v) is 25.9. The molecule has 0 saturated heterocycles. The summed E-state index contributed by atoms with van der Waals surface area (Å²) in [5.41, 5.74) is 2.13. The Morgan fingerprint density at radius 3 is 1.28 bits per heavy atom. The lowest BCUT2D eigenvalue weighted by molar-refractivity contribution is 0.673. The molecule has 0 aliphatic carbocycles. The zero-order chi connectivity index (χ0) is 76.0. The maximum Gasteiger partial charge on any atom is 0.143 e. The monoisotopic (exact) mass is 1050 g/mol. The molecule has 16 aromatic carbocycles. The highest BCUT2D eigenvalue weighted by molar-refractivity contribution is 6.28. The topological polar surface area (TPSA) is 13.1 Å². The number of benzene rings is 16. The van der Waals surface area contributed by atoms with Gasteiger partial charge in [-0.05, 0) is 167 Å². The minimum absolute atomic E-state index is 0.552. The molecule has 1 aromatic heterocycles. The Kier molecular flexibility index (Phi) is 6.44. The molecule has 0 atom stereocenters. The van der Waals surface area contributed by atoms with Gasteiger partial charge >= 0.3 is 0 Å². The summed E-state index contributed by atoms with van der Waals surface area (Å²) in [5.74, 6) is 0. The molecule has 0 amide bonds. The van der Waals surface area contributed by atoms with Crippen molar-refractivity contribution in [1.82, 2.24) is 0 Å². The molecule has 1 heteroatoms. The van der Waals surface area contributed by atoms with Crippen molar-refractivity contribution in [3.8, 4) is 55.6 Å². The normalized spacial score (nSPS) is 16.2. The van der Waals surface area contributed by atoms with Gasteiger partial charge in [-0.25, -0.2) is 0 Å². The predicted octanol–water partition coefficient (Wildman–Crippen LogP) is 22.8. The van der Waals surface area contributed by atoms with E-state index in [1.807, 2.05) is 0 Å². The second-order valence-electron chi connectivity index (χ2n) is 19.3. The molecule has 81 heavy (non-hydrogen) atoms. The van der Waals surface area contributed by atoms with Gasteiger partial charge in [0.1, 0.15) is 11.2 Å². The largest absolute Gasteiger partial charge is 0.455 e. The lowest BCUT2D eigenvalue weighted by atomic mass is 9.84. The summed E-state index contributed by atoms with van der Waals surface area (Å²) in [6, 6.07) is 28.4. The molecular formula is C80H50O. The van der Waals surface area contributed by atoms with Crippen LogP contribution >= 0.6 is 0 Å². The van der Waals surface area contributed by atoms with E-state index in [1.54, 1.807) is 0 Å². The van der Waals surface area contributed by atoms with Crippen LogP contribution in [0.5, 0.6) is 0 Å². The van der Waals surface area contributed by atoms with E-state index in [9.17, 15) is 11.0 Å². The first-order valence-electron chi connectivity index (χ1n) is 38.9. The van der Waals surface area contributed by atoms with Gasteiger partial charge in [0.15, 0.2) is 0 Å². The molecular weight excluding hydrogens is 977 g/mol. The van der Waals surface area contributed by atoms with Gasteiger partial charge in [-0.15, -0.1) is 0 Å². The molecule has 376 valence electrons. The van der Waals surface area contributed by atoms with E-state index in [2.05, 4.69) is 146 Å². The summed E-state index contributed by atoms with van der Waals surface area (Å²) >= 11 is 0. The van der Waals surface area contributed by atoms with Crippen LogP contribution in [-0.2, 0) is 0 Å². The van der Waals surface area contributed by atoms with Crippen molar-refractivity contribution in [3.63, 3.8) is 0 Å². The number of fused-ring (bicyclic) bond motifs is 12. The van der Waals surface area contributed by atoms with Crippen LogP contribution in [0.2, 0.25) is 0 Å². The first-order chi connectivity index (χ1) is 51.0. The third kappa shape index (κ3) is 7.70. The predicted molar refractivity (Wildman–Crippen MR) is 347 cm³/mol. The summed E-state index contributed by atoms with van der Waals surface area (Å²) < 4.78 is 237. The van der Waals surface area contributed by atoms with Crippen LogP contribution in [-0.4, -0.2) is 0 Å². The Balaban J connectivity index is 0.000000181. The van der Waals surface area contributed by atoms with Crippen LogP contribution in [0, 0.1) is 0 Å². The smallest absolute Gasteiger partial charge is 0.143 e. The van der Waals surface area contributed by atoms with Gasteiger partial charge in [-0.3, -0.25) is 0 Å². The van der Waals surface area contributed by atoms with Gasteiger partial charge in [0.05, 0.1) is 35.6 Å². The van der Waals surface area contributed by atoms with Crippen LogP contribution in [0.15, 0.2) is 307 Å². The van der Waals surface area contributed by atoms with E-state index in [-0.39, 0.29) is 0 Å². The van der Waals surface area contributed by atoms with Gasteiger partial charge in [0.2, 0.25) is 0 Å². The van der Waals surface area contributed by atoms with Crippen molar-refractivity contribution in [2.75, 3.05) is 0 Å². The average Bonchev–Trinajstić information content (AvgIpc) is 1.30. The van der Waals surface area contributed by atoms with Crippen molar-refractivity contribution in [1.29, 1.82) is 0 Å². The number of furan rings is 1. The van der Waals surface area contributed by atoms with E-state index < -0.39 is 234 Å². The minimum atomic E-state index is -1.06. The molecule has 0 saturated carbocycles. The Morgan fingerprint density at radius 1 is 0.235 bits per heavy atom. The molecule has 17 rings (SSSR count). The second-order valence-corrected chi connectivity index (χ2v) is 19.3. The summed E-state index contributed by atoms with van der Waals surface area (Å²) in [7, 11) is 0. The molecule has 0 aliphatic heterocycles. The fourth-order valence-electron chi connectivity index (χ4n) is 11.4. The summed E-state index contributed by atoms with van der Waals surface area (Å²) in [4.78, 5) is 0. The van der Waals surface area contributed by atoms with Crippen molar-refractivity contribution >= 4 is 108 Å². The first kappa shape index (κ1) is 27.3. The van der Waals surface area contributed by atoms with E-state index in [0.29, 0.717) is 0 Å². The maximum absolute atomic E-state index is 9.68. The number of hydrogen-bond acceptors (Lipinski definition) is 1. The van der Waals surface area contributed by atoms with Crippen LogP contribution in [0.3, 0.4) is 0 Å². The molecule has 0 radical (unpaired) electrons. The average molecular weight is 1050 g/mol. The van der Waals surface area contributed by atoms with Crippen LogP contribution in [0.25, 0.3) is 164 Å². The van der Waals surface area contributed by atoms with Gasteiger partial charge in [-0.1, -0.05) is 272 Å². The Bertz CT molecular complexity index is 6820. The van der Waals surface area contributed by atoms with Gasteiger partial charge < -0.3 is 4.42 Å². The minimum Gasteiger partial charge on any atom is -0.455 e. The zero-order valence-corrected chi connectivity index (χ0v) is 42.3. The van der Waals surface area contributed by atoms with Crippen LogP contribution in [0.4, 0.5) is 0 Å². The second kappa shape index (κ2) is 19.1. The maximum atomic E-state index is 9.68. The molecule has 0 unspecified atom stereocenters. The summed E-state index contributed by atoms with van der Waals surface area (Å²) in [5, 5.41) is 6.90. The van der Waals surface area contributed by atoms with E-state index in [4.69, 9.17) is 29.1 Å². The summed E-state index contributed by atoms with van der Waals surface area (Å²) in [6.07, 6.45) is 0. The molecule has 0 aliphatic rings. The fraction of sp³-hybridized carbons (Fsp3) is 0. The Hall–Kier alpha value is -10.6. The van der Waals surface area contributed by atoms with Gasteiger partial charge in [0, 0.05) is 16.2 Å². The molecule has 0 fully saturated rings. The lowest BCUT2D eigenvalue weighted by Crippen LogP contribution is -1.92. The third-order valence-corrected chi connectivity index (χ3v) is 14.9. The molecule has 0 bridgehead atoms.